The summed E-state index contributed by atoms with van der Waals surface area (Å²) in [5.74, 6) is 1.58. The summed E-state index contributed by atoms with van der Waals surface area (Å²) in [7, 11) is 3.86. The molecular formula is C16H23N5OS. The van der Waals surface area contributed by atoms with Crippen molar-refractivity contribution in [2.45, 2.75) is 25.3 Å². The molecule has 0 N–H and O–H groups in total. The van der Waals surface area contributed by atoms with Gasteiger partial charge in [0.25, 0.3) is 0 Å². The molecule has 3 rings (SSSR count). The summed E-state index contributed by atoms with van der Waals surface area (Å²) in [5.41, 5.74) is 2.92. The lowest BCUT2D eigenvalue weighted by Gasteiger charge is -2.33. The predicted octanol–water partition coefficient (Wildman–Crippen LogP) is 1.66. The lowest BCUT2D eigenvalue weighted by Crippen LogP contribution is -2.43. The number of thiazole rings is 1. The number of piperidine rings is 1. The van der Waals surface area contributed by atoms with E-state index in [1.54, 1.807) is 11.3 Å². The summed E-state index contributed by atoms with van der Waals surface area (Å²) >= 11 is 1.61. The first-order chi connectivity index (χ1) is 11.1. The van der Waals surface area contributed by atoms with Gasteiger partial charge in [0.15, 0.2) is 0 Å². The van der Waals surface area contributed by atoms with Crippen LogP contribution in [0.2, 0.25) is 0 Å². The van der Waals surface area contributed by atoms with Crippen LogP contribution in [-0.2, 0) is 11.3 Å². The number of hydrogen-bond acceptors (Lipinski definition) is 5. The van der Waals surface area contributed by atoms with Crippen LogP contribution in [0, 0.1) is 0 Å². The summed E-state index contributed by atoms with van der Waals surface area (Å²) in [6.07, 6.45) is 5.98. The van der Waals surface area contributed by atoms with Gasteiger partial charge in [-0.1, -0.05) is 0 Å². The third kappa shape index (κ3) is 3.97. The molecule has 23 heavy (non-hydrogen) atoms. The van der Waals surface area contributed by atoms with Gasteiger partial charge in [-0.25, -0.2) is 9.97 Å². The molecule has 0 aromatic carbocycles. The molecule has 6 nitrogen and oxygen atoms in total. The minimum Gasteiger partial charge on any atom is -0.341 e. The summed E-state index contributed by atoms with van der Waals surface area (Å²) in [4.78, 5) is 25.1. The Balaban J connectivity index is 1.69. The molecule has 2 aromatic heterocycles. The van der Waals surface area contributed by atoms with E-state index in [-0.39, 0.29) is 5.91 Å². The van der Waals surface area contributed by atoms with Crippen LogP contribution >= 0.6 is 11.3 Å². The van der Waals surface area contributed by atoms with Crippen LogP contribution in [0.3, 0.4) is 0 Å². The Kier molecular flexibility index (Phi) is 5.07. The average molecular weight is 333 g/mol. The highest BCUT2D eigenvalue weighted by Crippen LogP contribution is 2.26. The van der Waals surface area contributed by atoms with Crippen molar-refractivity contribution in [1.82, 2.24) is 24.3 Å². The van der Waals surface area contributed by atoms with Crippen LogP contribution in [0.25, 0.3) is 0 Å². The maximum Gasteiger partial charge on any atom is 0.236 e. The Morgan fingerprint density at radius 3 is 3.04 bits per heavy atom. The Bertz CT molecular complexity index is 637. The SMILES string of the molecule is CN(C)CC(=O)N1CCCC(c2nccn2Cc2cscn2)C1. The summed E-state index contributed by atoms with van der Waals surface area (Å²) in [6.45, 7) is 2.84. The van der Waals surface area contributed by atoms with E-state index in [1.165, 1.54) is 0 Å². The quantitative estimate of drug-likeness (QED) is 0.835. The van der Waals surface area contributed by atoms with E-state index < -0.39 is 0 Å². The van der Waals surface area contributed by atoms with Crippen molar-refractivity contribution < 1.29 is 4.79 Å². The summed E-state index contributed by atoms with van der Waals surface area (Å²) in [5, 5.41) is 2.07. The lowest BCUT2D eigenvalue weighted by atomic mass is 9.97. The highest BCUT2D eigenvalue weighted by atomic mass is 32.1. The molecule has 0 spiro atoms. The number of nitrogens with zero attached hydrogens (tertiary/aromatic N) is 5. The van der Waals surface area contributed by atoms with Crippen molar-refractivity contribution in [3.8, 4) is 0 Å². The Morgan fingerprint density at radius 1 is 1.43 bits per heavy atom. The molecule has 1 saturated heterocycles. The zero-order chi connectivity index (χ0) is 16.2. The number of aromatic nitrogens is 3. The van der Waals surface area contributed by atoms with E-state index in [0.717, 1.165) is 44.0 Å². The van der Waals surface area contributed by atoms with Gasteiger partial charge in [0.05, 0.1) is 24.3 Å². The minimum atomic E-state index is 0.206. The first kappa shape index (κ1) is 16.1. The zero-order valence-electron chi connectivity index (χ0n) is 13.7. The van der Waals surface area contributed by atoms with Gasteiger partial charge in [-0.15, -0.1) is 11.3 Å². The standard InChI is InChI=1S/C16H23N5OS/c1-19(2)10-15(22)20-6-3-4-13(8-20)16-17-5-7-21(16)9-14-11-23-12-18-14/h5,7,11-13H,3-4,6,8-10H2,1-2H3. The highest BCUT2D eigenvalue weighted by Gasteiger charge is 2.27. The predicted molar refractivity (Wildman–Crippen MR) is 90.6 cm³/mol. The number of rotatable bonds is 5. The van der Waals surface area contributed by atoms with Crippen LogP contribution in [0.4, 0.5) is 0 Å². The van der Waals surface area contributed by atoms with E-state index in [1.807, 2.05) is 41.8 Å². The summed E-state index contributed by atoms with van der Waals surface area (Å²) in [6, 6.07) is 0. The fourth-order valence-electron chi connectivity index (χ4n) is 3.09. The molecular weight excluding hydrogens is 310 g/mol. The fraction of sp³-hybridized carbons (Fsp3) is 0.562. The van der Waals surface area contributed by atoms with E-state index >= 15 is 0 Å². The largest absolute Gasteiger partial charge is 0.341 e. The zero-order valence-corrected chi connectivity index (χ0v) is 14.5. The van der Waals surface area contributed by atoms with Crippen LogP contribution in [0.15, 0.2) is 23.3 Å². The number of carbonyl (C=O) groups excluding carboxylic acids is 1. The maximum atomic E-state index is 12.3. The molecule has 3 heterocycles. The average Bonchev–Trinajstić information content (AvgIpc) is 3.19. The minimum absolute atomic E-state index is 0.206. The second-order valence-electron chi connectivity index (χ2n) is 6.31. The van der Waals surface area contributed by atoms with Crippen molar-refractivity contribution in [2.75, 3.05) is 33.7 Å². The first-order valence-corrected chi connectivity index (χ1v) is 8.88. The molecule has 1 aliphatic rings. The van der Waals surface area contributed by atoms with Crippen molar-refractivity contribution in [1.29, 1.82) is 0 Å². The topological polar surface area (TPSA) is 54.3 Å². The van der Waals surface area contributed by atoms with Gasteiger partial charge in [-0.3, -0.25) is 4.79 Å². The molecule has 0 saturated carbocycles. The van der Waals surface area contributed by atoms with E-state index in [9.17, 15) is 4.79 Å². The van der Waals surface area contributed by atoms with Gasteiger partial charge in [-0.05, 0) is 26.9 Å². The van der Waals surface area contributed by atoms with E-state index in [0.29, 0.717) is 12.5 Å². The molecule has 2 aromatic rings. The number of imidazole rings is 1. The Hall–Kier alpha value is -1.73. The van der Waals surface area contributed by atoms with E-state index in [2.05, 4.69) is 19.9 Å². The van der Waals surface area contributed by atoms with Gasteiger partial charge in [-0.2, -0.15) is 0 Å². The molecule has 0 bridgehead atoms. The normalized spacial score (nSPS) is 18.6. The molecule has 1 aliphatic heterocycles. The number of amides is 1. The lowest BCUT2D eigenvalue weighted by molar-refractivity contribution is -0.133. The third-order valence-electron chi connectivity index (χ3n) is 4.15. The molecule has 1 unspecified atom stereocenters. The van der Waals surface area contributed by atoms with Crippen molar-refractivity contribution in [2.24, 2.45) is 0 Å². The first-order valence-electron chi connectivity index (χ1n) is 7.94. The van der Waals surface area contributed by atoms with Crippen molar-refractivity contribution in [3.05, 3.63) is 34.8 Å². The van der Waals surface area contributed by atoms with Crippen LogP contribution in [0.1, 0.15) is 30.3 Å². The van der Waals surface area contributed by atoms with Crippen molar-refractivity contribution in [3.63, 3.8) is 0 Å². The number of likely N-dealkylation sites (tertiary alicyclic amines) is 1. The molecule has 124 valence electrons. The molecule has 1 amide bonds. The fourth-order valence-corrected chi connectivity index (χ4v) is 3.64. The molecule has 7 heteroatoms. The van der Waals surface area contributed by atoms with Gasteiger partial charge in [0.1, 0.15) is 5.82 Å². The van der Waals surface area contributed by atoms with Crippen LogP contribution in [-0.4, -0.2) is 64.0 Å². The smallest absolute Gasteiger partial charge is 0.236 e. The summed E-state index contributed by atoms with van der Waals surface area (Å²) < 4.78 is 2.17. The molecule has 0 radical (unpaired) electrons. The van der Waals surface area contributed by atoms with Gasteiger partial charge < -0.3 is 14.4 Å². The number of likely N-dealkylation sites (N-methyl/N-ethyl adjacent to an activating group) is 1. The monoisotopic (exact) mass is 333 g/mol. The molecule has 1 atom stereocenters. The van der Waals surface area contributed by atoms with Gasteiger partial charge >= 0.3 is 0 Å². The maximum absolute atomic E-state index is 12.3. The van der Waals surface area contributed by atoms with Crippen LogP contribution in [0.5, 0.6) is 0 Å². The highest BCUT2D eigenvalue weighted by molar-refractivity contribution is 7.07. The Labute approximate surface area is 140 Å². The third-order valence-corrected chi connectivity index (χ3v) is 4.79. The second-order valence-corrected chi connectivity index (χ2v) is 7.03. The molecule has 0 aliphatic carbocycles. The second kappa shape index (κ2) is 7.23. The number of carbonyl (C=O) groups is 1. The van der Waals surface area contributed by atoms with Gasteiger partial charge in [0, 0.05) is 36.8 Å². The Morgan fingerprint density at radius 2 is 2.30 bits per heavy atom. The van der Waals surface area contributed by atoms with Crippen LogP contribution < -0.4 is 0 Å². The molecule has 1 fully saturated rings. The van der Waals surface area contributed by atoms with Crippen molar-refractivity contribution >= 4 is 17.2 Å². The van der Waals surface area contributed by atoms with Gasteiger partial charge in [0.2, 0.25) is 5.91 Å². The van der Waals surface area contributed by atoms with E-state index in [4.69, 9.17) is 0 Å². The number of hydrogen-bond donors (Lipinski definition) is 0.